The van der Waals surface area contributed by atoms with Crippen LogP contribution in [-0.2, 0) is 22.0 Å². The number of amides is 1. The van der Waals surface area contributed by atoms with E-state index in [-0.39, 0.29) is 21.9 Å². The summed E-state index contributed by atoms with van der Waals surface area (Å²) in [5.41, 5.74) is 1.51. The third-order valence-corrected chi connectivity index (χ3v) is 8.84. The van der Waals surface area contributed by atoms with Crippen molar-refractivity contribution < 1.29 is 13.2 Å². The second kappa shape index (κ2) is 8.07. The molecule has 0 radical (unpaired) electrons. The minimum atomic E-state index is -3.53. The molecule has 0 spiro atoms. The van der Waals surface area contributed by atoms with Gasteiger partial charge in [0.05, 0.1) is 9.90 Å². The van der Waals surface area contributed by atoms with Crippen LogP contribution in [0.4, 0.5) is 5.00 Å². The molecule has 6 nitrogen and oxygen atoms in total. The first-order valence-electron chi connectivity index (χ1n) is 10.2. The van der Waals surface area contributed by atoms with E-state index in [0.29, 0.717) is 18.7 Å². The summed E-state index contributed by atoms with van der Waals surface area (Å²) in [6.45, 7) is 13.1. The number of anilines is 1. The summed E-state index contributed by atoms with van der Waals surface area (Å²) in [6.07, 6.45) is 0.899. The minimum absolute atomic E-state index is 0.00889. The first-order valence-corrected chi connectivity index (χ1v) is 12.5. The Morgan fingerprint density at radius 2 is 1.73 bits per heavy atom. The maximum Gasteiger partial charge on any atom is 0.256 e. The van der Waals surface area contributed by atoms with Crippen molar-refractivity contribution >= 4 is 32.3 Å². The number of nitrogens with one attached hydrogen (secondary N) is 2. The van der Waals surface area contributed by atoms with E-state index in [1.54, 1.807) is 37.3 Å². The Hall–Kier alpha value is -1.74. The third-order valence-electron chi connectivity index (χ3n) is 5.36. The molecule has 0 unspecified atom stereocenters. The predicted octanol–water partition coefficient (Wildman–Crippen LogP) is 4.19. The summed E-state index contributed by atoms with van der Waals surface area (Å²) in [7, 11) is -3.53. The van der Waals surface area contributed by atoms with E-state index in [4.69, 9.17) is 0 Å². The van der Waals surface area contributed by atoms with Crippen molar-refractivity contribution in [2.45, 2.75) is 63.9 Å². The Bertz CT molecular complexity index is 1030. The average Bonchev–Trinajstić information content (AvgIpc) is 3.04. The highest BCUT2D eigenvalue weighted by molar-refractivity contribution is 7.89. The molecule has 164 valence electrons. The van der Waals surface area contributed by atoms with Gasteiger partial charge >= 0.3 is 0 Å². The number of benzene rings is 1. The van der Waals surface area contributed by atoms with Crippen LogP contribution in [0.5, 0.6) is 0 Å². The first-order chi connectivity index (χ1) is 13.9. The van der Waals surface area contributed by atoms with Crippen LogP contribution in [0.3, 0.4) is 0 Å². The molecule has 1 aliphatic rings. The molecule has 1 amide bonds. The quantitative estimate of drug-likeness (QED) is 0.693. The molecule has 8 heteroatoms. The second-order valence-electron chi connectivity index (χ2n) is 8.84. The van der Waals surface area contributed by atoms with Crippen LogP contribution in [0.15, 0.2) is 35.2 Å². The van der Waals surface area contributed by atoms with Crippen LogP contribution >= 0.6 is 11.3 Å². The summed E-state index contributed by atoms with van der Waals surface area (Å²) in [5, 5.41) is 7.44. The van der Waals surface area contributed by atoms with E-state index in [0.717, 1.165) is 11.4 Å². The zero-order valence-corrected chi connectivity index (χ0v) is 20.1. The molecular weight excluding hydrogens is 418 g/mol. The molecule has 1 aromatic carbocycles. The van der Waals surface area contributed by atoms with Crippen LogP contribution in [0, 0.1) is 0 Å². The number of rotatable bonds is 6. The fourth-order valence-corrected chi connectivity index (χ4v) is 6.84. The van der Waals surface area contributed by atoms with E-state index < -0.39 is 10.0 Å². The van der Waals surface area contributed by atoms with Crippen molar-refractivity contribution in [1.29, 1.82) is 0 Å². The molecule has 1 aliphatic heterocycles. The van der Waals surface area contributed by atoms with Crippen molar-refractivity contribution in [2.24, 2.45) is 0 Å². The van der Waals surface area contributed by atoms with Gasteiger partial charge in [0.2, 0.25) is 10.0 Å². The lowest BCUT2D eigenvalue weighted by Crippen LogP contribution is -2.54. The van der Waals surface area contributed by atoms with Gasteiger partial charge in [-0.1, -0.05) is 13.8 Å². The molecule has 30 heavy (non-hydrogen) atoms. The smallest absolute Gasteiger partial charge is 0.256 e. The van der Waals surface area contributed by atoms with E-state index >= 15 is 0 Å². The van der Waals surface area contributed by atoms with E-state index in [9.17, 15) is 13.2 Å². The highest BCUT2D eigenvalue weighted by Gasteiger charge is 2.38. The van der Waals surface area contributed by atoms with Crippen LogP contribution in [0.1, 0.15) is 62.3 Å². The summed E-state index contributed by atoms with van der Waals surface area (Å²) in [5.74, 6) is -0.245. The molecule has 2 aromatic rings. The van der Waals surface area contributed by atoms with Gasteiger partial charge < -0.3 is 10.6 Å². The highest BCUT2D eigenvalue weighted by atomic mass is 32.2. The van der Waals surface area contributed by atoms with Gasteiger partial charge in [0.1, 0.15) is 0 Å². The van der Waals surface area contributed by atoms with Crippen LogP contribution < -0.4 is 10.6 Å². The predicted molar refractivity (Wildman–Crippen MR) is 123 cm³/mol. The summed E-state index contributed by atoms with van der Waals surface area (Å²) in [4.78, 5) is 14.2. The number of carbonyl (C=O) groups excluding carboxylic acids is 1. The lowest BCUT2D eigenvalue weighted by molar-refractivity contribution is 0.102. The van der Waals surface area contributed by atoms with Gasteiger partial charge in [-0.05, 0) is 70.0 Å². The van der Waals surface area contributed by atoms with Crippen molar-refractivity contribution in [1.82, 2.24) is 9.62 Å². The van der Waals surface area contributed by atoms with Crippen LogP contribution in [0.2, 0.25) is 0 Å². The average molecular weight is 450 g/mol. The monoisotopic (exact) mass is 449 g/mol. The highest BCUT2D eigenvalue weighted by Crippen LogP contribution is 2.41. The molecule has 2 heterocycles. The Balaban J connectivity index is 1.79. The number of sulfonamides is 1. The summed E-state index contributed by atoms with van der Waals surface area (Å²) >= 11 is 1.59. The number of hydrogen-bond donors (Lipinski definition) is 2. The van der Waals surface area contributed by atoms with Crippen molar-refractivity contribution in [3.05, 3.63) is 46.3 Å². The molecule has 0 bridgehead atoms. The fourth-order valence-electron chi connectivity index (χ4n) is 4.25. The zero-order valence-electron chi connectivity index (χ0n) is 18.5. The number of nitrogens with zero attached hydrogens (tertiary/aromatic N) is 1. The number of fused-ring (bicyclic) bond motifs is 1. The maximum atomic E-state index is 12.7. The van der Waals surface area contributed by atoms with Crippen molar-refractivity contribution in [3.63, 3.8) is 0 Å². The Labute approximate surface area is 183 Å². The van der Waals surface area contributed by atoms with Gasteiger partial charge in [0.25, 0.3) is 5.91 Å². The molecule has 0 saturated heterocycles. The standard InChI is InChI=1S/C22H31N3O3S2/c1-7-25(8-2)30(27,28)17-11-9-15(10-12-17)20(26)23-18-13-16-14-21(3,4)24-22(5,6)19(16)29-18/h9-13,24H,7-8,14H2,1-6H3,(H,23,26). The van der Waals surface area contributed by atoms with Gasteiger partial charge in [0.15, 0.2) is 0 Å². The molecule has 3 rings (SSSR count). The lowest BCUT2D eigenvalue weighted by atomic mass is 9.83. The molecule has 0 atom stereocenters. The van der Waals surface area contributed by atoms with Crippen LogP contribution in [-0.4, -0.2) is 37.3 Å². The van der Waals surface area contributed by atoms with Gasteiger partial charge in [0, 0.05) is 34.6 Å². The maximum absolute atomic E-state index is 12.7. The Kier molecular flexibility index (Phi) is 6.17. The van der Waals surface area contributed by atoms with Gasteiger partial charge in [-0.25, -0.2) is 8.42 Å². The first kappa shape index (κ1) is 22.9. The lowest BCUT2D eigenvalue weighted by Gasteiger charge is -2.42. The Morgan fingerprint density at radius 3 is 2.30 bits per heavy atom. The Morgan fingerprint density at radius 1 is 1.13 bits per heavy atom. The number of thiophene rings is 1. The molecule has 1 aromatic heterocycles. The fraction of sp³-hybridized carbons (Fsp3) is 0.500. The van der Waals surface area contributed by atoms with Crippen molar-refractivity contribution in [3.8, 4) is 0 Å². The number of carbonyl (C=O) groups is 1. The van der Waals surface area contributed by atoms with E-state index in [1.165, 1.54) is 26.9 Å². The molecule has 0 fully saturated rings. The zero-order chi connectivity index (χ0) is 22.3. The molecule has 2 N–H and O–H groups in total. The second-order valence-corrected chi connectivity index (χ2v) is 11.8. The molecule has 0 saturated carbocycles. The van der Waals surface area contributed by atoms with E-state index in [1.807, 2.05) is 0 Å². The molecular formula is C22H31N3O3S2. The van der Waals surface area contributed by atoms with Gasteiger partial charge in [-0.3, -0.25) is 4.79 Å². The third kappa shape index (κ3) is 4.46. The van der Waals surface area contributed by atoms with Crippen molar-refractivity contribution in [2.75, 3.05) is 18.4 Å². The number of hydrogen-bond acceptors (Lipinski definition) is 5. The normalized spacial score (nSPS) is 17.6. The topological polar surface area (TPSA) is 78.5 Å². The SMILES string of the molecule is CCN(CC)S(=O)(=O)c1ccc(C(=O)Nc2cc3c(s2)C(C)(C)NC(C)(C)C3)cc1. The van der Waals surface area contributed by atoms with E-state index in [2.05, 4.69) is 44.4 Å². The van der Waals surface area contributed by atoms with Gasteiger partial charge in [-0.15, -0.1) is 11.3 Å². The summed E-state index contributed by atoms with van der Waals surface area (Å²) in [6, 6.07) is 8.18. The van der Waals surface area contributed by atoms with Gasteiger partial charge in [-0.2, -0.15) is 4.31 Å². The van der Waals surface area contributed by atoms with Crippen LogP contribution in [0.25, 0.3) is 0 Å². The largest absolute Gasteiger partial charge is 0.314 e. The summed E-state index contributed by atoms with van der Waals surface area (Å²) < 4.78 is 26.6. The molecule has 0 aliphatic carbocycles. The minimum Gasteiger partial charge on any atom is -0.314 e.